The molecule has 0 N–H and O–H groups in total. The minimum Gasteiger partial charge on any atom is -0.381 e. The summed E-state index contributed by atoms with van der Waals surface area (Å²) in [6.45, 7) is 7.30. The average molecular weight is 427 g/mol. The highest BCUT2D eigenvalue weighted by Gasteiger charge is 2.21. The molecule has 0 saturated carbocycles. The van der Waals surface area contributed by atoms with Crippen LogP contribution in [0.15, 0.2) is 46.3 Å². The maximum absolute atomic E-state index is 12.2. The van der Waals surface area contributed by atoms with Gasteiger partial charge in [-0.25, -0.2) is 0 Å². The highest BCUT2D eigenvalue weighted by atomic mass is 32.1. The van der Waals surface area contributed by atoms with Gasteiger partial charge in [-0.15, -0.1) is 11.3 Å². The summed E-state index contributed by atoms with van der Waals surface area (Å²) in [6.07, 6.45) is 0.472. The highest BCUT2D eigenvalue weighted by Crippen LogP contribution is 2.26. The number of benzene rings is 1. The van der Waals surface area contributed by atoms with Gasteiger partial charge in [-0.2, -0.15) is 4.98 Å². The quantitative estimate of drug-likeness (QED) is 0.513. The second kappa shape index (κ2) is 9.97. The van der Waals surface area contributed by atoms with Gasteiger partial charge in [0, 0.05) is 44.9 Å². The van der Waals surface area contributed by atoms with Crippen molar-refractivity contribution in [2.24, 2.45) is 0 Å². The summed E-state index contributed by atoms with van der Waals surface area (Å²) in [5, 5.41) is 6.09. The summed E-state index contributed by atoms with van der Waals surface area (Å²) in [6, 6.07) is 12.2. The number of carbonyl (C=O) groups excluding carboxylic acids is 1. The molecule has 0 bridgehead atoms. The fourth-order valence-electron chi connectivity index (χ4n) is 3.48. The zero-order valence-corrected chi connectivity index (χ0v) is 17.9. The summed E-state index contributed by atoms with van der Waals surface area (Å²) in [5.74, 6) is 1.34. The van der Waals surface area contributed by atoms with Crippen molar-refractivity contribution in [3.63, 3.8) is 0 Å². The molecule has 0 spiro atoms. The molecule has 1 aliphatic heterocycles. The minimum absolute atomic E-state index is 0.189. The van der Waals surface area contributed by atoms with E-state index in [0.717, 1.165) is 43.2 Å². The molecule has 1 aliphatic rings. The molecule has 1 amide bonds. The zero-order chi connectivity index (χ0) is 20.8. The fourth-order valence-corrected chi connectivity index (χ4v) is 4.12. The Bertz CT molecular complexity index is 932. The smallest absolute Gasteiger partial charge is 0.268 e. The number of nitrogens with zero attached hydrogens (tertiary/aromatic N) is 4. The number of aromatic nitrogens is 2. The Morgan fingerprint density at radius 2 is 1.97 bits per heavy atom. The van der Waals surface area contributed by atoms with E-state index in [1.165, 1.54) is 5.56 Å². The summed E-state index contributed by atoms with van der Waals surface area (Å²) >= 11 is 1.58. The lowest BCUT2D eigenvalue weighted by molar-refractivity contribution is -0.134. The first-order valence-corrected chi connectivity index (χ1v) is 11.2. The predicted molar refractivity (Wildman–Crippen MR) is 116 cm³/mol. The number of hydrogen-bond acceptors (Lipinski definition) is 7. The van der Waals surface area contributed by atoms with Gasteiger partial charge in [0.1, 0.15) is 0 Å². The first-order valence-electron chi connectivity index (χ1n) is 10.3. The van der Waals surface area contributed by atoms with Crippen molar-refractivity contribution in [3.8, 4) is 22.2 Å². The Balaban J connectivity index is 1.28. The number of carbonyl (C=O) groups is 1. The minimum atomic E-state index is 0.189. The van der Waals surface area contributed by atoms with Crippen molar-refractivity contribution in [1.82, 2.24) is 19.9 Å². The maximum Gasteiger partial charge on any atom is 0.268 e. The van der Waals surface area contributed by atoms with Gasteiger partial charge in [0.15, 0.2) is 0 Å². The van der Waals surface area contributed by atoms with Crippen molar-refractivity contribution in [2.45, 2.75) is 19.9 Å². The first kappa shape index (κ1) is 20.7. The summed E-state index contributed by atoms with van der Waals surface area (Å²) in [5.41, 5.74) is 2.17. The van der Waals surface area contributed by atoms with Gasteiger partial charge in [0.05, 0.1) is 17.9 Å². The molecule has 1 aromatic carbocycles. The summed E-state index contributed by atoms with van der Waals surface area (Å²) in [7, 11) is 0. The number of hydrogen-bond donors (Lipinski definition) is 0. The molecule has 2 aromatic heterocycles. The van der Waals surface area contributed by atoms with Crippen LogP contribution in [0.25, 0.3) is 22.2 Å². The lowest BCUT2D eigenvalue weighted by Crippen LogP contribution is -2.48. The van der Waals surface area contributed by atoms with Crippen LogP contribution in [-0.2, 0) is 16.1 Å². The molecule has 3 heterocycles. The number of rotatable bonds is 8. The van der Waals surface area contributed by atoms with Crippen molar-refractivity contribution in [3.05, 3.63) is 47.3 Å². The van der Waals surface area contributed by atoms with Gasteiger partial charge >= 0.3 is 0 Å². The Kier molecular flexibility index (Phi) is 6.88. The van der Waals surface area contributed by atoms with E-state index in [0.29, 0.717) is 31.3 Å². The molecule has 0 atom stereocenters. The van der Waals surface area contributed by atoms with E-state index in [4.69, 9.17) is 9.26 Å². The van der Waals surface area contributed by atoms with Gasteiger partial charge in [-0.3, -0.25) is 9.69 Å². The van der Waals surface area contributed by atoms with E-state index in [2.05, 4.69) is 27.2 Å². The van der Waals surface area contributed by atoms with Crippen LogP contribution in [0.2, 0.25) is 0 Å². The zero-order valence-electron chi connectivity index (χ0n) is 17.1. The summed E-state index contributed by atoms with van der Waals surface area (Å²) in [4.78, 5) is 22.0. The lowest BCUT2D eigenvalue weighted by Gasteiger charge is -2.34. The molecule has 0 aliphatic carbocycles. The third-order valence-electron chi connectivity index (χ3n) is 5.17. The molecule has 0 unspecified atom stereocenters. The lowest BCUT2D eigenvalue weighted by atomic mass is 10.1. The van der Waals surface area contributed by atoms with Crippen molar-refractivity contribution >= 4 is 17.2 Å². The van der Waals surface area contributed by atoms with Crippen LogP contribution in [0.5, 0.6) is 0 Å². The molecule has 0 radical (unpaired) electrons. The van der Waals surface area contributed by atoms with E-state index in [-0.39, 0.29) is 5.91 Å². The molecule has 8 heteroatoms. The molecule has 3 aromatic rings. The molecule has 158 valence electrons. The maximum atomic E-state index is 12.2. The standard InChI is InChI=1S/C22H26N4O3S/c1-2-28-14-9-20(27)26-12-10-25(11-13-26)16-17-5-7-18(8-6-17)21-23-22(29-24-21)19-4-3-15-30-19/h3-8,15H,2,9-14,16H2,1H3. The summed E-state index contributed by atoms with van der Waals surface area (Å²) < 4.78 is 10.7. The molecule has 1 saturated heterocycles. The van der Waals surface area contributed by atoms with Crippen LogP contribution >= 0.6 is 11.3 Å². The van der Waals surface area contributed by atoms with E-state index >= 15 is 0 Å². The fraction of sp³-hybridized carbons (Fsp3) is 0.409. The van der Waals surface area contributed by atoms with Crippen molar-refractivity contribution < 1.29 is 14.1 Å². The number of ether oxygens (including phenoxy) is 1. The highest BCUT2D eigenvalue weighted by molar-refractivity contribution is 7.13. The van der Waals surface area contributed by atoms with Gasteiger partial charge < -0.3 is 14.2 Å². The number of thiophene rings is 1. The van der Waals surface area contributed by atoms with E-state index < -0.39 is 0 Å². The van der Waals surface area contributed by atoms with Crippen LogP contribution in [0.4, 0.5) is 0 Å². The Hall–Kier alpha value is -2.55. The molecule has 30 heavy (non-hydrogen) atoms. The van der Waals surface area contributed by atoms with E-state index in [1.807, 2.05) is 41.5 Å². The molecular weight excluding hydrogens is 400 g/mol. The van der Waals surface area contributed by atoms with E-state index in [9.17, 15) is 4.79 Å². The monoisotopic (exact) mass is 426 g/mol. The SMILES string of the molecule is CCOCCC(=O)N1CCN(Cc2ccc(-c3noc(-c4cccs4)n3)cc2)CC1. The van der Waals surface area contributed by atoms with Gasteiger partial charge in [0.2, 0.25) is 11.7 Å². The third-order valence-corrected chi connectivity index (χ3v) is 6.02. The molecule has 7 nitrogen and oxygen atoms in total. The van der Waals surface area contributed by atoms with E-state index in [1.54, 1.807) is 11.3 Å². The normalized spacial score (nSPS) is 14.9. The Morgan fingerprint density at radius 3 is 2.67 bits per heavy atom. The second-order valence-corrected chi connectivity index (χ2v) is 8.15. The Morgan fingerprint density at radius 1 is 1.17 bits per heavy atom. The van der Waals surface area contributed by atoms with Gasteiger partial charge in [-0.05, 0) is 23.9 Å². The first-order chi connectivity index (χ1) is 14.7. The molecule has 4 rings (SSSR count). The molecular formula is C22H26N4O3S. The van der Waals surface area contributed by atoms with Crippen LogP contribution < -0.4 is 0 Å². The number of amides is 1. The van der Waals surface area contributed by atoms with Crippen LogP contribution in [0.3, 0.4) is 0 Å². The van der Waals surface area contributed by atoms with Crippen LogP contribution in [-0.4, -0.2) is 65.2 Å². The molecule has 1 fully saturated rings. The average Bonchev–Trinajstić information content (AvgIpc) is 3.47. The van der Waals surface area contributed by atoms with Crippen LogP contribution in [0.1, 0.15) is 18.9 Å². The Labute approximate surface area is 180 Å². The van der Waals surface area contributed by atoms with Crippen LogP contribution in [0, 0.1) is 0 Å². The third kappa shape index (κ3) is 5.13. The van der Waals surface area contributed by atoms with Crippen molar-refractivity contribution in [2.75, 3.05) is 39.4 Å². The van der Waals surface area contributed by atoms with Gasteiger partial charge in [-0.1, -0.05) is 35.5 Å². The predicted octanol–water partition coefficient (Wildman–Crippen LogP) is 3.54. The van der Waals surface area contributed by atoms with Crippen molar-refractivity contribution in [1.29, 1.82) is 0 Å². The second-order valence-electron chi connectivity index (χ2n) is 7.20. The van der Waals surface area contributed by atoms with Gasteiger partial charge in [0.25, 0.3) is 5.89 Å². The topological polar surface area (TPSA) is 71.7 Å². The largest absolute Gasteiger partial charge is 0.381 e. The number of piperazine rings is 1.